The van der Waals surface area contributed by atoms with E-state index in [9.17, 15) is 0 Å². The summed E-state index contributed by atoms with van der Waals surface area (Å²) in [4.78, 5) is 11.8. The first-order valence-electron chi connectivity index (χ1n) is 8.13. The number of rotatable bonds is 4. The summed E-state index contributed by atoms with van der Waals surface area (Å²) < 4.78 is 0. The molecule has 1 aromatic heterocycles. The van der Waals surface area contributed by atoms with Gasteiger partial charge in [0.1, 0.15) is 11.6 Å². The van der Waals surface area contributed by atoms with Gasteiger partial charge in [0.15, 0.2) is 0 Å². The van der Waals surface area contributed by atoms with Crippen LogP contribution in [0.1, 0.15) is 64.9 Å². The fourth-order valence-corrected chi connectivity index (χ4v) is 2.75. The van der Waals surface area contributed by atoms with Gasteiger partial charge in [-0.1, -0.05) is 13.8 Å². The van der Waals surface area contributed by atoms with Gasteiger partial charge in [-0.2, -0.15) is 0 Å². The fourth-order valence-electron chi connectivity index (χ4n) is 2.75. The Kier molecular flexibility index (Phi) is 4.87. The summed E-state index contributed by atoms with van der Waals surface area (Å²) in [5.74, 6) is 2.43. The van der Waals surface area contributed by atoms with Crippen molar-refractivity contribution < 1.29 is 0 Å². The molecular weight excluding hydrogens is 260 g/mol. The number of aryl methyl sites for hydroxylation is 1. The molecule has 1 aliphatic rings. The molecule has 1 atom stereocenters. The van der Waals surface area contributed by atoms with Crippen molar-refractivity contribution in [3.8, 4) is 0 Å². The van der Waals surface area contributed by atoms with Crippen LogP contribution < -0.4 is 10.2 Å². The van der Waals surface area contributed by atoms with E-state index in [0.717, 1.165) is 30.4 Å². The Balaban J connectivity index is 2.16. The van der Waals surface area contributed by atoms with Gasteiger partial charge in [0.05, 0.1) is 0 Å². The summed E-state index contributed by atoms with van der Waals surface area (Å²) in [6, 6.07) is 2.67. The highest BCUT2D eigenvalue weighted by atomic mass is 15.3. The van der Waals surface area contributed by atoms with Gasteiger partial charge in [0.2, 0.25) is 0 Å². The van der Waals surface area contributed by atoms with E-state index in [-0.39, 0.29) is 5.54 Å². The molecule has 0 radical (unpaired) electrons. The zero-order chi connectivity index (χ0) is 15.6. The highest BCUT2D eigenvalue weighted by Gasteiger charge is 2.27. The van der Waals surface area contributed by atoms with Gasteiger partial charge in [-0.3, -0.25) is 0 Å². The Morgan fingerprint density at radius 3 is 2.67 bits per heavy atom. The van der Waals surface area contributed by atoms with E-state index in [1.54, 1.807) is 0 Å². The first-order valence-corrected chi connectivity index (χ1v) is 8.13. The third-order valence-corrected chi connectivity index (χ3v) is 3.91. The summed E-state index contributed by atoms with van der Waals surface area (Å²) in [6.07, 6.45) is 2.49. The van der Waals surface area contributed by atoms with E-state index < -0.39 is 0 Å². The summed E-state index contributed by atoms with van der Waals surface area (Å²) in [5.41, 5.74) is 1.23. The molecule has 0 aromatic carbocycles. The molecule has 1 saturated heterocycles. The van der Waals surface area contributed by atoms with Gasteiger partial charge >= 0.3 is 0 Å². The summed E-state index contributed by atoms with van der Waals surface area (Å²) in [7, 11) is 0. The lowest BCUT2D eigenvalue weighted by molar-refractivity contribution is 0.404. The van der Waals surface area contributed by atoms with Crippen LogP contribution in [-0.2, 0) is 0 Å². The summed E-state index contributed by atoms with van der Waals surface area (Å²) in [6.45, 7) is 15.2. The average Bonchev–Trinajstić information content (AvgIpc) is 2.83. The van der Waals surface area contributed by atoms with Crippen LogP contribution >= 0.6 is 0 Å². The molecule has 118 valence electrons. The Morgan fingerprint density at radius 1 is 1.33 bits per heavy atom. The molecular formula is C17H30N4. The molecule has 0 spiro atoms. The van der Waals surface area contributed by atoms with Crippen molar-refractivity contribution in [1.82, 2.24) is 15.3 Å². The zero-order valence-corrected chi connectivity index (χ0v) is 14.4. The average molecular weight is 290 g/mol. The van der Waals surface area contributed by atoms with Crippen LogP contribution in [0.2, 0.25) is 0 Å². The lowest BCUT2D eigenvalue weighted by atomic mass is 10.1. The minimum Gasteiger partial charge on any atom is -0.352 e. The SMILES string of the molecule is Cc1cc(N2CCCC2CNC(C)(C)C)nc(C(C)C)n1. The van der Waals surface area contributed by atoms with Crippen LogP contribution in [-0.4, -0.2) is 34.6 Å². The Hall–Kier alpha value is -1.16. The molecule has 2 rings (SSSR count). The van der Waals surface area contributed by atoms with E-state index in [0.29, 0.717) is 12.0 Å². The molecule has 21 heavy (non-hydrogen) atoms. The molecule has 0 saturated carbocycles. The number of aromatic nitrogens is 2. The molecule has 1 aliphatic heterocycles. The van der Waals surface area contributed by atoms with E-state index in [1.165, 1.54) is 12.8 Å². The monoisotopic (exact) mass is 290 g/mol. The van der Waals surface area contributed by atoms with Crippen LogP contribution in [0, 0.1) is 6.92 Å². The number of hydrogen-bond acceptors (Lipinski definition) is 4. The van der Waals surface area contributed by atoms with Gasteiger partial charge < -0.3 is 10.2 Å². The minimum atomic E-state index is 0.166. The number of nitrogens with one attached hydrogen (secondary N) is 1. The van der Waals surface area contributed by atoms with Crippen LogP contribution in [0.5, 0.6) is 0 Å². The lowest BCUT2D eigenvalue weighted by Gasteiger charge is -2.30. The predicted molar refractivity (Wildman–Crippen MR) is 89.0 cm³/mol. The van der Waals surface area contributed by atoms with Gasteiger partial charge in [0, 0.05) is 42.3 Å². The summed E-state index contributed by atoms with van der Waals surface area (Å²) >= 11 is 0. The normalized spacial score (nSPS) is 19.6. The maximum atomic E-state index is 4.80. The zero-order valence-electron chi connectivity index (χ0n) is 14.4. The van der Waals surface area contributed by atoms with Crippen molar-refractivity contribution in [2.24, 2.45) is 0 Å². The maximum absolute atomic E-state index is 4.80. The maximum Gasteiger partial charge on any atom is 0.133 e. The Bertz CT molecular complexity index is 476. The molecule has 1 fully saturated rings. The molecule has 0 amide bonds. The molecule has 1 N–H and O–H groups in total. The van der Waals surface area contributed by atoms with Gasteiger partial charge in [-0.15, -0.1) is 0 Å². The Labute approximate surface area is 129 Å². The second-order valence-corrected chi connectivity index (χ2v) is 7.50. The van der Waals surface area contributed by atoms with Crippen molar-refractivity contribution in [2.45, 2.75) is 71.9 Å². The van der Waals surface area contributed by atoms with Crippen LogP contribution in [0.3, 0.4) is 0 Å². The van der Waals surface area contributed by atoms with E-state index in [2.05, 4.69) is 62.8 Å². The minimum absolute atomic E-state index is 0.166. The predicted octanol–water partition coefficient (Wildman–Crippen LogP) is 3.27. The second-order valence-electron chi connectivity index (χ2n) is 7.50. The third-order valence-electron chi connectivity index (χ3n) is 3.91. The lowest BCUT2D eigenvalue weighted by Crippen LogP contribution is -2.45. The highest BCUT2D eigenvalue weighted by Crippen LogP contribution is 2.25. The number of anilines is 1. The van der Waals surface area contributed by atoms with Crippen molar-refractivity contribution >= 4 is 5.82 Å². The van der Waals surface area contributed by atoms with E-state index in [4.69, 9.17) is 4.98 Å². The van der Waals surface area contributed by atoms with Crippen LogP contribution in [0.4, 0.5) is 5.82 Å². The quantitative estimate of drug-likeness (QED) is 0.924. The van der Waals surface area contributed by atoms with Gasteiger partial charge in [-0.05, 0) is 40.5 Å². The molecule has 2 heterocycles. The molecule has 1 unspecified atom stereocenters. The van der Waals surface area contributed by atoms with E-state index in [1.807, 2.05) is 0 Å². The standard InChI is InChI=1S/C17H30N4/c1-12(2)16-19-13(3)10-15(20-16)21-9-7-8-14(21)11-18-17(4,5)6/h10,12,14,18H,7-9,11H2,1-6H3. The smallest absolute Gasteiger partial charge is 0.133 e. The molecule has 4 nitrogen and oxygen atoms in total. The van der Waals surface area contributed by atoms with Gasteiger partial charge in [-0.25, -0.2) is 9.97 Å². The van der Waals surface area contributed by atoms with Crippen LogP contribution in [0.15, 0.2) is 6.07 Å². The first kappa shape index (κ1) is 16.2. The largest absolute Gasteiger partial charge is 0.352 e. The van der Waals surface area contributed by atoms with Crippen molar-refractivity contribution in [2.75, 3.05) is 18.0 Å². The van der Waals surface area contributed by atoms with Gasteiger partial charge in [0.25, 0.3) is 0 Å². The third kappa shape index (κ3) is 4.40. The molecule has 0 aliphatic carbocycles. The van der Waals surface area contributed by atoms with E-state index >= 15 is 0 Å². The number of hydrogen-bond donors (Lipinski definition) is 1. The van der Waals surface area contributed by atoms with Crippen molar-refractivity contribution in [3.05, 3.63) is 17.6 Å². The second kappa shape index (κ2) is 6.30. The van der Waals surface area contributed by atoms with Crippen LogP contribution in [0.25, 0.3) is 0 Å². The Morgan fingerprint density at radius 2 is 2.05 bits per heavy atom. The fraction of sp³-hybridized carbons (Fsp3) is 0.765. The molecule has 4 heteroatoms. The first-order chi connectivity index (χ1) is 9.76. The number of nitrogens with zero attached hydrogens (tertiary/aromatic N) is 3. The van der Waals surface area contributed by atoms with Crippen molar-refractivity contribution in [3.63, 3.8) is 0 Å². The van der Waals surface area contributed by atoms with Crippen molar-refractivity contribution in [1.29, 1.82) is 0 Å². The highest BCUT2D eigenvalue weighted by molar-refractivity contribution is 5.42. The molecule has 1 aromatic rings. The molecule has 0 bridgehead atoms. The topological polar surface area (TPSA) is 41.0 Å². The summed E-state index contributed by atoms with van der Waals surface area (Å²) in [5, 5.41) is 3.63.